The molecular formula is C17H22F3N3O3. The highest BCUT2D eigenvalue weighted by molar-refractivity contribution is 5.77. The summed E-state index contributed by atoms with van der Waals surface area (Å²) >= 11 is 0. The number of aliphatic carboxylic acids is 1. The van der Waals surface area contributed by atoms with E-state index in [0.717, 1.165) is 10.6 Å². The van der Waals surface area contributed by atoms with E-state index in [-0.39, 0.29) is 12.6 Å². The molecule has 2 rings (SSSR count). The second kappa shape index (κ2) is 7.84. The molecule has 0 spiro atoms. The number of anilines is 1. The number of urea groups is 1. The van der Waals surface area contributed by atoms with E-state index in [0.29, 0.717) is 0 Å². The number of nitrogens with one attached hydrogen (secondary N) is 1. The quantitative estimate of drug-likeness (QED) is 0.832. The van der Waals surface area contributed by atoms with Crippen molar-refractivity contribution in [1.29, 1.82) is 0 Å². The van der Waals surface area contributed by atoms with Crippen LogP contribution in [0.5, 0.6) is 0 Å². The first-order valence-electron chi connectivity index (χ1n) is 8.21. The molecule has 2 amide bonds. The van der Waals surface area contributed by atoms with Crippen LogP contribution in [0.2, 0.25) is 0 Å². The highest BCUT2D eigenvalue weighted by Gasteiger charge is 2.53. The summed E-state index contributed by atoms with van der Waals surface area (Å²) in [5.41, 5.74) is 0.943. The van der Waals surface area contributed by atoms with Crippen LogP contribution in [-0.4, -0.2) is 60.9 Å². The molecule has 1 heterocycles. The van der Waals surface area contributed by atoms with Crippen molar-refractivity contribution in [1.82, 2.24) is 10.2 Å². The van der Waals surface area contributed by atoms with E-state index in [9.17, 15) is 22.8 Å². The Labute approximate surface area is 149 Å². The molecule has 2 N–H and O–H groups in total. The maximum atomic E-state index is 13.0. The maximum Gasteiger partial charge on any atom is 0.394 e. The van der Waals surface area contributed by atoms with Crippen LogP contribution in [-0.2, 0) is 4.79 Å². The number of benzene rings is 1. The van der Waals surface area contributed by atoms with Crippen molar-refractivity contribution in [2.75, 3.05) is 31.6 Å². The number of carbonyl (C=O) groups is 2. The summed E-state index contributed by atoms with van der Waals surface area (Å²) in [6.07, 6.45) is -4.65. The zero-order valence-corrected chi connectivity index (χ0v) is 14.5. The average molecular weight is 373 g/mol. The predicted molar refractivity (Wildman–Crippen MR) is 89.9 cm³/mol. The summed E-state index contributed by atoms with van der Waals surface area (Å²) in [5.74, 6) is -5.22. The number of likely N-dealkylation sites (tertiary alicyclic amines) is 1. The molecule has 0 bridgehead atoms. The Morgan fingerprint density at radius 1 is 1.31 bits per heavy atom. The minimum Gasteiger partial charge on any atom is -0.481 e. The molecule has 0 saturated carbocycles. The van der Waals surface area contributed by atoms with Gasteiger partial charge < -0.3 is 20.2 Å². The zero-order chi connectivity index (χ0) is 19.5. The first kappa shape index (κ1) is 19.9. The third kappa shape index (κ3) is 4.59. The van der Waals surface area contributed by atoms with E-state index in [1.54, 1.807) is 0 Å². The van der Waals surface area contributed by atoms with Gasteiger partial charge in [-0.25, -0.2) is 4.79 Å². The largest absolute Gasteiger partial charge is 0.481 e. The normalized spacial score (nSPS) is 21.3. The number of rotatable bonds is 5. The monoisotopic (exact) mass is 373 g/mol. The van der Waals surface area contributed by atoms with E-state index in [1.807, 2.05) is 49.2 Å². The number of alkyl halides is 3. The summed E-state index contributed by atoms with van der Waals surface area (Å²) < 4.78 is 39.0. The van der Waals surface area contributed by atoms with Gasteiger partial charge in [-0.05, 0) is 19.1 Å². The lowest BCUT2D eigenvalue weighted by molar-refractivity contribution is -0.187. The van der Waals surface area contributed by atoms with Crippen LogP contribution in [0.1, 0.15) is 6.92 Å². The highest BCUT2D eigenvalue weighted by atomic mass is 19.4. The molecule has 144 valence electrons. The molecular weight excluding hydrogens is 351 g/mol. The lowest BCUT2D eigenvalue weighted by Crippen LogP contribution is -2.45. The van der Waals surface area contributed by atoms with Gasteiger partial charge in [-0.15, -0.1) is 0 Å². The molecule has 0 radical (unpaired) electrons. The predicted octanol–water partition coefficient (Wildman–Crippen LogP) is 2.42. The minimum atomic E-state index is -4.65. The Balaban J connectivity index is 1.92. The Bertz CT molecular complexity index is 639. The van der Waals surface area contributed by atoms with Crippen LogP contribution in [0.25, 0.3) is 0 Å². The van der Waals surface area contributed by atoms with Crippen LogP contribution >= 0.6 is 0 Å². The number of nitrogens with zero attached hydrogens (tertiary/aromatic N) is 2. The lowest BCUT2D eigenvalue weighted by Gasteiger charge is -2.28. The first-order chi connectivity index (χ1) is 12.1. The fourth-order valence-electron chi connectivity index (χ4n) is 2.95. The van der Waals surface area contributed by atoms with Crippen molar-refractivity contribution >= 4 is 17.7 Å². The van der Waals surface area contributed by atoms with Crippen LogP contribution in [0.4, 0.5) is 23.7 Å². The van der Waals surface area contributed by atoms with Crippen molar-refractivity contribution in [2.45, 2.75) is 19.1 Å². The van der Waals surface area contributed by atoms with Gasteiger partial charge in [0.25, 0.3) is 0 Å². The standard InChI is InChI=1S/C17H22F3N3O3/c1-11(22(2)12-6-4-3-5-7-12)8-21-16(26)23-9-13(15(24)25)14(10-23)17(18,19)20/h3-7,11,13-14H,8-10H2,1-2H3,(H,21,26)(H,24,25)/t11?,13-,14-/m1/s1. The fourth-order valence-corrected chi connectivity index (χ4v) is 2.95. The number of para-hydroxylation sites is 1. The summed E-state index contributed by atoms with van der Waals surface area (Å²) in [6, 6.07) is 8.67. The second-order valence-corrected chi connectivity index (χ2v) is 6.48. The van der Waals surface area contributed by atoms with Gasteiger partial charge in [0.2, 0.25) is 0 Å². The molecule has 1 unspecified atom stereocenters. The summed E-state index contributed by atoms with van der Waals surface area (Å²) in [7, 11) is 1.85. The van der Waals surface area contributed by atoms with Crippen molar-refractivity contribution in [3.05, 3.63) is 30.3 Å². The van der Waals surface area contributed by atoms with Gasteiger partial charge in [0.15, 0.2) is 0 Å². The smallest absolute Gasteiger partial charge is 0.394 e. The van der Waals surface area contributed by atoms with Crippen molar-refractivity contribution in [2.24, 2.45) is 11.8 Å². The van der Waals surface area contributed by atoms with Crippen molar-refractivity contribution < 1.29 is 27.9 Å². The third-order valence-electron chi connectivity index (χ3n) is 4.72. The van der Waals surface area contributed by atoms with E-state index in [1.165, 1.54) is 0 Å². The molecule has 9 heteroatoms. The topological polar surface area (TPSA) is 72.9 Å². The Kier molecular flexibility index (Phi) is 5.99. The van der Waals surface area contributed by atoms with E-state index >= 15 is 0 Å². The molecule has 0 aromatic heterocycles. The van der Waals surface area contributed by atoms with E-state index < -0.39 is 43.1 Å². The van der Waals surface area contributed by atoms with Crippen molar-refractivity contribution in [3.63, 3.8) is 0 Å². The molecule has 1 aromatic rings. The van der Waals surface area contributed by atoms with Crippen LogP contribution < -0.4 is 10.2 Å². The Hall–Kier alpha value is -2.45. The molecule has 3 atom stereocenters. The molecule has 26 heavy (non-hydrogen) atoms. The summed E-state index contributed by atoms with van der Waals surface area (Å²) in [6.45, 7) is 0.994. The van der Waals surface area contributed by atoms with Gasteiger partial charge in [0.1, 0.15) is 0 Å². The van der Waals surface area contributed by atoms with Crippen LogP contribution in [0.15, 0.2) is 30.3 Å². The lowest BCUT2D eigenvalue weighted by atomic mass is 9.96. The molecule has 1 aromatic carbocycles. The second-order valence-electron chi connectivity index (χ2n) is 6.48. The molecule has 1 aliphatic heterocycles. The van der Waals surface area contributed by atoms with Gasteiger partial charge in [0.05, 0.1) is 11.8 Å². The third-order valence-corrected chi connectivity index (χ3v) is 4.72. The van der Waals surface area contributed by atoms with Gasteiger partial charge in [0, 0.05) is 38.4 Å². The average Bonchev–Trinajstić information content (AvgIpc) is 3.05. The number of carbonyl (C=O) groups excluding carboxylic acids is 1. The molecule has 1 aliphatic rings. The first-order valence-corrected chi connectivity index (χ1v) is 8.21. The SMILES string of the molecule is CC(CNC(=O)N1C[C@@H](C(F)(F)F)[C@H](C(=O)O)C1)N(C)c1ccccc1. The number of hydrogen-bond donors (Lipinski definition) is 2. The van der Waals surface area contributed by atoms with Gasteiger partial charge in [-0.1, -0.05) is 18.2 Å². The summed E-state index contributed by atoms with van der Waals surface area (Å²) in [5, 5.41) is 11.6. The summed E-state index contributed by atoms with van der Waals surface area (Å²) in [4.78, 5) is 26.1. The number of likely N-dealkylation sites (N-methyl/N-ethyl adjacent to an activating group) is 1. The van der Waals surface area contributed by atoms with E-state index in [4.69, 9.17) is 5.11 Å². The molecule has 6 nitrogen and oxygen atoms in total. The van der Waals surface area contributed by atoms with Gasteiger partial charge >= 0.3 is 18.2 Å². The van der Waals surface area contributed by atoms with E-state index in [2.05, 4.69) is 5.32 Å². The molecule has 1 saturated heterocycles. The minimum absolute atomic E-state index is 0.0994. The zero-order valence-electron chi connectivity index (χ0n) is 14.5. The van der Waals surface area contributed by atoms with Crippen LogP contribution in [0.3, 0.4) is 0 Å². The number of amides is 2. The van der Waals surface area contributed by atoms with Gasteiger partial charge in [-0.2, -0.15) is 13.2 Å². The van der Waals surface area contributed by atoms with Crippen LogP contribution in [0, 0.1) is 11.8 Å². The maximum absolute atomic E-state index is 13.0. The fraction of sp³-hybridized carbons (Fsp3) is 0.529. The number of carboxylic acid groups (broad SMARTS) is 1. The highest BCUT2D eigenvalue weighted by Crippen LogP contribution is 2.37. The molecule has 1 fully saturated rings. The number of carboxylic acids is 1. The number of halogens is 3. The Morgan fingerprint density at radius 3 is 2.42 bits per heavy atom. The van der Waals surface area contributed by atoms with Crippen molar-refractivity contribution in [3.8, 4) is 0 Å². The molecule has 0 aliphatic carbocycles. The Morgan fingerprint density at radius 2 is 1.92 bits per heavy atom. The van der Waals surface area contributed by atoms with Gasteiger partial charge in [-0.3, -0.25) is 4.79 Å². The number of hydrogen-bond acceptors (Lipinski definition) is 3.